The second kappa shape index (κ2) is 5.08. The van der Waals surface area contributed by atoms with Gasteiger partial charge in [0.15, 0.2) is 5.78 Å². The minimum absolute atomic E-state index is 0.00215. The van der Waals surface area contributed by atoms with E-state index in [9.17, 15) is 9.59 Å². The average molecular weight is 335 g/mol. The summed E-state index contributed by atoms with van der Waals surface area (Å²) in [5.74, 6) is 0.0920. The van der Waals surface area contributed by atoms with Gasteiger partial charge in [0, 0.05) is 10.8 Å². The lowest BCUT2D eigenvalue weighted by molar-refractivity contribution is -0.159. The molecule has 3 heteroatoms. The van der Waals surface area contributed by atoms with Crippen molar-refractivity contribution in [2.24, 2.45) is 39.4 Å². The molecule has 0 spiro atoms. The number of Topliss-reactive ketones (excluding diaryl/α,β-unsaturated/α-hetero) is 1. The van der Waals surface area contributed by atoms with Crippen LogP contribution in [0, 0.1) is 39.4 Å². The van der Waals surface area contributed by atoms with Crippen LogP contribution in [0.15, 0.2) is 0 Å². The molecule has 3 saturated carbocycles. The van der Waals surface area contributed by atoms with Crippen molar-refractivity contribution >= 4 is 11.8 Å². The summed E-state index contributed by atoms with van der Waals surface area (Å²) in [6.07, 6.45) is 4.14. The molecular weight excluding hydrogens is 300 g/mol. The van der Waals surface area contributed by atoms with E-state index >= 15 is 0 Å². The molecule has 5 atom stereocenters. The standard InChI is InChI=1S/C21H34O3/c1-13-8-10-20(6,18(13,2)3)12-24-17(23)15-14-9-11-21(7,16(15)22)19(14,4)5/h13-15H,8-12H2,1-7H3/t13-,14-,15-,20-,21-/m1/s1. The topological polar surface area (TPSA) is 43.4 Å². The van der Waals surface area contributed by atoms with Gasteiger partial charge in [0.1, 0.15) is 5.92 Å². The highest BCUT2D eigenvalue weighted by atomic mass is 16.5. The molecular formula is C21H34O3. The van der Waals surface area contributed by atoms with Crippen LogP contribution in [-0.2, 0) is 14.3 Å². The van der Waals surface area contributed by atoms with Gasteiger partial charge >= 0.3 is 5.97 Å². The SMILES string of the molecule is C[C@@H]1CC[C@](C)(COC(=O)[C@H]2C(=O)[C@@]3(C)CC[C@H]2C3(C)C)C1(C)C. The second-order valence-corrected chi connectivity index (χ2v) is 10.4. The fourth-order valence-electron chi connectivity index (χ4n) is 5.75. The summed E-state index contributed by atoms with van der Waals surface area (Å²) in [4.78, 5) is 25.7. The van der Waals surface area contributed by atoms with Crippen LogP contribution in [0.1, 0.15) is 74.1 Å². The number of carbonyl (C=O) groups excluding carboxylic acids is 2. The first-order chi connectivity index (χ1) is 10.9. The maximum atomic E-state index is 12.9. The minimum Gasteiger partial charge on any atom is -0.465 e. The lowest BCUT2D eigenvalue weighted by Crippen LogP contribution is -2.40. The molecule has 0 aliphatic heterocycles. The zero-order valence-corrected chi connectivity index (χ0v) is 16.5. The van der Waals surface area contributed by atoms with Crippen molar-refractivity contribution < 1.29 is 14.3 Å². The van der Waals surface area contributed by atoms with E-state index in [4.69, 9.17) is 4.74 Å². The lowest BCUT2D eigenvalue weighted by atomic mass is 9.66. The summed E-state index contributed by atoms with van der Waals surface area (Å²) in [6, 6.07) is 0. The first-order valence-electron chi connectivity index (χ1n) is 9.59. The molecule has 3 aliphatic carbocycles. The molecule has 3 nitrogen and oxygen atoms in total. The summed E-state index contributed by atoms with van der Waals surface area (Å²) < 4.78 is 5.80. The normalized spacial score (nSPS) is 45.6. The third kappa shape index (κ3) is 2.02. The molecule has 0 unspecified atom stereocenters. The summed E-state index contributed by atoms with van der Waals surface area (Å²) in [6.45, 7) is 15.9. The van der Waals surface area contributed by atoms with Crippen LogP contribution in [0.3, 0.4) is 0 Å². The summed E-state index contributed by atoms with van der Waals surface area (Å²) >= 11 is 0. The third-order valence-electron chi connectivity index (χ3n) is 9.24. The van der Waals surface area contributed by atoms with E-state index in [2.05, 4.69) is 41.5 Å². The van der Waals surface area contributed by atoms with E-state index in [-0.39, 0.29) is 39.3 Å². The Hall–Kier alpha value is -0.860. The first-order valence-corrected chi connectivity index (χ1v) is 9.59. The molecule has 0 radical (unpaired) electrons. The number of rotatable bonds is 3. The van der Waals surface area contributed by atoms with Gasteiger partial charge < -0.3 is 4.74 Å². The Kier molecular flexibility index (Phi) is 3.80. The van der Waals surface area contributed by atoms with Crippen molar-refractivity contribution in [3.8, 4) is 0 Å². The third-order valence-corrected chi connectivity index (χ3v) is 9.24. The molecule has 0 heterocycles. The van der Waals surface area contributed by atoms with Gasteiger partial charge in [0.2, 0.25) is 0 Å². The molecule has 0 aromatic carbocycles. The minimum atomic E-state index is -0.538. The van der Waals surface area contributed by atoms with Crippen molar-refractivity contribution in [2.75, 3.05) is 6.61 Å². The van der Waals surface area contributed by atoms with Crippen LogP contribution in [0.25, 0.3) is 0 Å². The number of esters is 1. The van der Waals surface area contributed by atoms with Crippen LogP contribution >= 0.6 is 0 Å². The van der Waals surface area contributed by atoms with Gasteiger partial charge in [0.25, 0.3) is 0 Å². The van der Waals surface area contributed by atoms with E-state index in [0.29, 0.717) is 12.5 Å². The molecule has 0 aromatic heterocycles. The highest BCUT2D eigenvalue weighted by Crippen LogP contribution is 2.66. The smallest absolute Gasteiger partial charge is 0.316 e. The first kappa shape index (κ1) is 17.9. The molecule has 136 valence electrons. The molecule has 0 amide bonds. The summed E-state index contributed by atoms with van der Waals surface area (Å²) in [5.41, 5.74) is -0.301. The molecule has 2 bridgehead atoms. The average Bonchev–Trinajstić information content (AvgIpc) is 2.91. The van der Waals surface area contributed by atoms with Gasteiger partial charge in [-0.1, -0.05) is 48.5 Å². The highest BCUT2D eigenvalue weighted by molar-refractivity contribution is 6.05. The molecule has 0 N–H and O–H groups in total. The molecule has 3 aliphatic rings. The van der Waals surface area contributed by atoms with Gasteiger partial charge in [-0.05, 0) is 48.3 Å². The molecule has 24 heavy (non-hydrogen) atoms. The van der Waals surface area contributed by atoms with Gasteiger partial charge in [0.05, 0.1) is 6.61 Å². The molecule has 0 aromatic rings. The van der Waals surface area contributed by atoms with Crippen LogP contribution in [0.5, 0.6) is 0 Å². The Morgan fingerprint density at radius 3 is 2.12 bits per heavy atom. The number of ketones is 1. The van der Waals surface area contributed by atoms with Gasteiger partial charge in [-0.3, -0.25) is 9.59 Å². The molecule has 3 fully saturated rings. The Morgan fingerprint density at radius 1 is 1.04 bits per heavy atom. The predicted molar refractivity (Wildman–Crippen MR) is 94.4 cm³/mol. The van der Waals surface area contributed by atoms with E-state index in [1.807, 2.05) is 6.92 Å². The predicted octanol–water partition coefficient (Wildman–Crippen LogP) is 4.63. The van der Waals surface area contributed by atoms with Crippen molar-refractivity contribution in [2.45, 2.75) is 74.1 Å². The van der Waals surface area contributed by atoms with Crippen LogP contribution in [-0.4, -0.2) is 18.4 Å². The zero-order valence-electron chi connectivity index (χ0n) is 16.5. The highest BCUT2D eigenvalue weighted by Gasteiger charge is 2.68. The Balaban J connectivity index is 1.72. The Bertz CT molecular complexity index is 576. The van der Waals surface area contributed by atoms with Gasteiger partial charge in [-0.15, -0.1) is 0 Å². The molecule has 3 rings (SSSR count). The Labute approximate surface area is 146 Å². The van der Waals surface area contributed by atoms with Gasteiger partial charge in [-0.25, -0.2) is 0 Å². The largest absolute Gasteiger partial charge is 0.465 e. The number of ether oxygens (including phenoxy) is 1. The van der Waals surface area contributed by atoms with Crippen molar-refractivity contribution in [1.29, 1.82) is 0 Å². The summed E-state index contributed by atoms with van der Waals surface area (Å²) in [7, 11) is 0. The molecule has 0 saturated heterocycles. The number of carbonyl (C=O) groups is 2. The van der Waals surface area contributed by atoms with Crippen molar-refractivity contribution in [1.82, 2.24) is 0 Å². The van der Waals surface area contributed by atoms with Crippen molar-refractivity contribution in [3.63, 3.8) is 0 Å². The second-order valence-electron chi connectivity index (χ2n) is 10.4. The van der Waals surface area contributed by atoms with E-state index in [0.717, 1.165) is 19.3 Å². The quantitative estimate of drug-likeness (QED) is 0.558. The van der Waals surface area contributed by atoms with Crippen molar-refractivity contribution in [3.05, 3.63) is 0 Å². The number of hydrogen-bond donors (Lipinski definition) is 0. The van der Waals surface area contributed by atoms with E-state index in [1.165, 1.54) is 6.42 Å². The fraction of sp³-hybridized carbons (Fsp3) is 0.905. The summed E-state index contributed by atoms with van der Waals surface area (Å²) in [5, 5.41) is 0. The maximum absolute atomic E-state index is 12.9. The van der Waals surface area contributed by atoms with E-state index < -0.39 is 5.92 Å². The fourth-order valence-corrected chi connectivity index (χ4v) is 5.75. The van der Waals surface area contributed by atoms with Crippen LogP contribution < -0.4 is 0 Å². The monoisotopic (exact) mass is 334 g/mol. The number of fused-ring (bicyclic) bond motifs is 2. The Morgan fingerprint density at radius 2 is 1.67 bits per heavy atom. The maximum Gasteiger partial charge on any atom is 0.316 e. The van der Waals surface area contributed by atoms with Gasteiger partial charge in [-0.2, -0.15) is 0 Å². The van der Waals surface area contributed by atoms with E-state index in [1.54, 1.807) is 0 Å². The van der Waals surface area contributed by atoms with Crippen LogP contribution in [0.2, 0.25) is 0 Å². The lowest BCUT2D eigenvalue weighted by Gasteiger charge is -2.40. The zero-order chi connectivity index (χ0) is 18.1. The van der Waals surface area contributed by atoms with Crippen LogP contribution in [0.4, 0.5) is 0 Å². The number of hydrogen-bond acceptors (Lipinski definition) is 3.